The molecule has 1 aromatic rings. The molecule has 0 spiro atoms. The van der Waals surface area contributed by atoms with Gasteiger partial charge in [0.25, 0.3) is 0 Å². The van der Waals surface area contributed by atoms with Crippen molar-refractivity contribution in [2.75, 3.05) is 26.2 Å². The molecule has 2 aliphatic rings. The van der Waals surface area contributed by atoms with Gasteiger partial charge in [0, 0.05) is 18.5 Å². The second-order valence-corrected chi connectivity index (χ2v) is 6.66. The van der Waals surface area contributed by atoms with Gasteiger partial charge in [0.1, 0.15) is 0 Å². The van der Waals surface area contributed by atoms with E-state index in [4.69, 9.17) is 4.52 Å². The predicted molar refractivity (Wildman–Crippen MR) is 82.5 cm³/mol. The number of nitrogens with zero attached hydrogens (tertiary/aromatic N) is 4. The smallest absolute Gasteiger partial charge is 0.236 e. The van der Waals surface area contributed by atoms with Gasteiger partial charge in [-0.25, -0.2) is 0 Å². The fourth-order valence-corrected chi connectivity index (χ4v) is 3.57. The lowest BCUT2D eigenvalue weighted by molar-refractivity contribution is -0.135. The standard InChI is InChI=1S/C16H26N4O2/c1-12-5-3-4-8-20(12)15(21)11-19-9-6-14(7-10-19)16-17-13(2)18-22-16/h12,14H,3-11H2,1-2H3/t12-/m1/s1. The number of carbonyl (C=O) groups is 1. The van der Waals surface area contributed by atoms with Gasteiger partial charge in [-0.2, -0.15) is 4.98 Å². The summed E-state index contributed by atoms with van der Waals surface area (Å²) < 4.78 is 5.27. The quantitative estimate of drug-likeness (QED) is 0.854. The third-order valence-corrected chi connectivity index (χ3v) is 4.96. The maximum absolute atomic E-state index is 12.5. The van der Waals surface area contributed by atoms with Crippen molar-refractivity contribution in [1.82, 2.24) is 19.9 Å². The van der Waals surface area contributed by atoms with Gasteiger partial charge in [-0.3, -0.25) is 9.69 Å². The fourth-order valence-electron chi connectivity index (χ4n) is 3.57. The average Bonchev–Trinajstić information content (AvgIpc) is 2.95. The molecule has 1 atom stereocenters. The molecule has 22 heavy (non-hydrogen) atoms. The topological polar surface area (TPSA) is 62.5 Å². The Morgan fingerprint density at radius 3 is 2.64 bits per heavy atom. The summed E-state index contributed by atoms with van der Waals surface area (Å²) in [6, 6.07) is 0.403. The second kappa shape index (κ2) is 6.77. The molecule has 3 rings (SSSR count). The Morgan fingerprint density at radius 1 is 1.23 bits per heavy atom. The monoisotopic (exact) mass is 306 g/mol. The number of amides is 1. The van der Waals surface area contributed by atoms with Crippen LogP contribution in [0.15, 0.2) is 4.52 Å². The maximum atomic E-state index is 12.5. The Hall–Kier alpha value is -1.43. The normalized spacial score (nSPS) is 24.6. The van der Waals surface area contributed by atoms with Crippen LogP contribution in [-0.2, 0) is 4.79 Å². The lowest BCUT2D eigenvalue weighted by Gasteiger charge is -2.36. The van der Waals surface area contributed by atoms with Crippen molar-refractivity contribution in [1.29, 1.82) is 0 Å². The molecular formula is C16H26N4O2. The Balaban J connectivity index is 1.48. The number of carbonyl (C=O) groups excluding carboxylic acids is 1. The Kier molecular flexibility index (Phi) is 4.76. The van der Waals surface area contributed by atoms with Gasteiger partial charge < -0.3 is 9.42 Å². The fraction of sp³-hybridized carbons (Fsp3) is 0.812. The van der Waals surface area contributed by atoms with E-state index in [1.54, 1.807) is 0 Å². The average molecular weight is 306 g/mol. The molecule has 0 radical (unpaired) electrons. The first-order valence-corrected chi connectivity index (χ1v) is 8.45. The molecule has 3 heterocycles. The highest BCUT2D eigenvalue weighted by molar-refractivity contribution is 5.78. The number of hydrogen-bond donors (Lipinski definition) is 0. The molecule has 0 N–H and O–H groups in total. The summed E-state index contributed by atoms with van der Waals surface area (Å²) in [6.07, 6.45) is 5.52. The minimum absolute atomic E-state index is 0.291. The van der Waals surface area contributed by atoms with Gasteiger partial charge >= 0.3 is 0 Å². The van der Waals surface area contributed by atoms with Crippen LogP contribution in [0.5, 0.6) is 0 Å². The van der Waals surface area contributed by atoms with Gasteiger partial charge in [-0.15, -0.1) is 0 Å². The third-order valence-electron chi connectivity index (χ3n) is 4.96. The van der Waals surface area contributed by atoms with Crippen molar-refractivity contribution in [3.8, 4) is 0 Å². The molecule has 122 valence electrons. The zero-order valence-electron chi connectivity index (χ0n) is 13.6. The highest BCUT2D eigenvalue weighted by atomic mass is 16.5. The van der Waals surface area contributed by atoms with Crippen LogP contribution in [0, 0.1) is 6.92 Å². The Labute approximate surface area is 131 Å². The first kappa shape index (κ1) is 15.5. The molecule has 0 aromatic carbocycles. The lowest BCUT2D eigenvalue weighted by Crippen LogP contribution is -2.48. The van der Waals surface area contributed by atoms with Gasteiger partial charge in [0.05, 0.1) is 6.54 Å². The van der Waals surface area contributed by atoms with E-state index in [0.29, 0.717) is 30.2 Å². The SMILES string of the molecule is Cc1noc(C2CCN(CC(=O)N3CCCC[C@H]3C)CC2)n1. The molecule has 6 nitrogen and oxygen atoms in total. The summed E-state index contributed by atoms with van der Waals surface area (Å²) in [5, 5.41) is 3.87. The largest absolute Gasteiger partial charge is 0.339 e. The number of aryl methyl sites for hydroxylation is 1. The highest BCUT2D eigenvalue weighted by Gasteiger charge is 2.28. The first-order valence-electron chi connectivity index (χ1n) is 8.45. The summed E-state index contributed by atoms with van der Waals surface area (Å²) in [7, 11) is 0. The Morgan fingerprint density at radius 2 is 2.00 bits per heavy atom. The summed E-state index contributed by atoms with van der Waals surface area (Å²) in [5.41, 5.74) is 0. The van der Waals surface area contributed by atoms with Crippen LogP contribution in [-0.4, -0.2) is 58.1 Å². The molecule has 2 fully saturated rings. The van der Waals surface area contributed by atoms with Crippen molar-refractivity contribution >= 4 is 5.91 Å². The number of likely N-dealkylation sites (tertiary alicyclic amines) is 2. The van der Waals surface area contributed by atoms with Crippen LogP contribution in [0.3, 0.4) is 0 Å². The van der Waals surface area contributed by atoms with Crippen LogP contribution in [0.4, 0.5) is 0 Å². The van der Waals surface area contributed by atoms with Crippen LogP contribution < -0.4 is 0 Å². The van der Waals surface area contributed by atoms with E-state index in [2.05, 4.69) is 26.9 Å². The molecule has 0 bridgehead atoms. The molecule has 2 saturated heterocycles. The minimum atomic E-state index is 0.291. The van der Waals surface area contributed by atoms with E-state index < -0.39 is 0 Å². The van der Waals surface area contributed by atoms with Crippen LogP contribution in [0.1, 0.15) is 56.7 Å². The van der Waals surface area contributed by atoms with Gasteiger partial charge in [0.15, 0.2) is 5.82 Å². The minimum Gasteiger partial charge on any atom is -0.339 e. The van der Waals surface area contributed by atoms with Crippen LogP contribution in [0.2, 0.25) is 0 Å². The van der Waals surface area contributed by atoms with E-state index in [1.807, 2.05) is 6.92 Å². The van der Waals surface area contributed by atoms with E-state index in [-0.39, 0.29) is 0 Å². The molecule has 1 aromatic heterocycles. The van der Waals surface area contributed by atoms with E-state index in [0.717, 1.165) is 51.2 Å². The number of rotatable bonds is 3. The molecule has 6 heteroatoms. The number of aromatic nitrogens is 2. The van der Waals surface area contributed by atoms with E-state index in [1.165, 1.54) is 6.42 Å². The van der Waals surface area contributed by atoms with Crippen LogP contribution in [0.25, 0.3) is 0 Å². The van der Waals surface area contributed by atoms with Crippen molar-refractivity contribution in [2.45, 2.75) is 57.9 Å². The molecule has 2 aliphatic heterocycles. The molecule has 0 saturated carbocycles. The first-order chi connectivity index (χ1) is 10.6. The number of piperidine rings is 2. The third kappa shape index (κ3) is 3.48. The van der Waals surface area contributed by atoms with Gasteiger partial charge in [-0.05, 0) is 59.0 Å². The summed E-state index contributed by atoms with van der Waals surface area (Å²) >= 11 is 0. The van der Waals surface area contributed by atoms with Crippen molar-refractivity contribution in [3.05, 3.63) is 11.7 Å². The van der Waals surface area contributed by atoms with Gasteiger partial charge in [-0.1, -0.05) is 5.16 Å². The van der Waals surface area contributed by atoms with Crippen molar-refractivity contribution in [2.24, 2.45) is 0 Å². The van der Waals surface area contributed by atoms with Crippen molar-refractivity contribution in [3.63, 3.8) is 0 Å². The molecule has 0 aliphatic carbocycles. The lowest BCUT2D eigenvalue weighted by atomic mass is 9.96. The predicted octanol–water partition coefficient (Wildman–Crippen LogP) is 1.96. The van der Waals surface area contributed by atoms with E-state index >= 15 is 0 Å². The maximum Gasteiger partial charge on any atom is 0.236 e. The van der Waals surface area contributed by atoms with Crippen molar-refractivity contribution < 1.29 is 9.32 Å². The zero-order chi connectivity index (χ0) is 15.5. The highest BCUT2D eigenvalue weighted by Crippen LogP contribution is 2.27. The summed E-state index contributed by atoms with van der Waals surface area (Å²) in [6.45, 7) is 7.36. The van der Waals surface area contributed by atoms with Gasteiger partial charge in [0.2, 0.25) is 11.8 Å². The van der Waals surface area contributed by atoms with E-state index in [9.17, 15) is 4.79 Å². The zero-order valence-corrected chi connectivity index (χ0v) is 13.6. The summed E-state index contributed by atoms with van der Waals surface area (Å²) in [4.78, 5) is 21.1. The summed E-state index contributed by atoms with van der Waals surface area (Å²) in [5.74, 6) is 2.10. The molecule has 0 unspecified atom stereocenters. The second-order valence-electron chi connectivity index (χ2n) is 6.66. The number of hydrogen-bond acceptors (Lipinski definition) is 5. The Bertz CT molecular complexity index is 508. The molecule has 1 amide bonds. The van der Waals surface area contributed by atoms with Crippen LogP contribution >= 0.6 is 0 Å². The molecular weight excluding hydrogens is 280 g/mol.